The zero-order valence-corrected chi connectivity index (χ0v) is 11.3. The van der Waals surface area contributed by atoms with Crippen molar-refractivity contribution in [2.75, 3.05) is 11.9 Å². The van der Waals surface area contributed by atoms with Crippen molar-refractivity contribution < 1.29 is 9.90 Å². The lowest BCUT2D eigenvalue weighted by molar-refractivity contribution is 0.225. The molecule has 2 aromatic rings. The lowest BCUT2D eigenvalue weighted by Crippen LogP contribution is -2.34. The minimum absolute atomic E-state index is 0.199. The summed E-state index contributed by atoms with van der Waals surface area (Å²) in [6.45, 7) is -0.199. The summed E-state index contributed by atoms with van der Waals surface area (Å²) >= 11 is 0. The Kier molecular flexibility index (Phi) is 4.91. The van der Waals surface area contributed by atoms with Gasteiger partial charge in [0.1, 0.15) is 0 Å². The van der Waals surface area contributed by atoms with Crippen molar-refractivity contribution in [3.05, 3.63) is 65.7 Å². The molecule has 2 amide bonds. The van der Waals surface area contributed by atoms with E-state index in [9.17, 15) is 9.90 Å². The van der Waals surface area contributed by atoms with Crippen LogP contribution in [-0.4, -0.2) is 17.7 Å². The maximum Gasteiger partial charge on any atom is 0.319 e. The molecule has 5 heteroatoms. The number of carbonyl (C=O) groups is 1. The Morgan fingerprint density at radius 1 is 1.19 bits per heavy atom. The highest BCUT2D eigenvalue weighted by molar-refractivity contribution is 5.89. The van der Waals surface area contributed by atoms with E-state index in [1.54, 1.807) is 24.3 Å². The molecule has 5 nitrogen and oxygen atoms in total. The molecule has 0 aromatic heterocycles. The summed E-state index contributed by atoms with van der Waals surface area (Å²) in [5.41, 5.74) is 1.81. The van der Waals surface area contributed by atoms with Gasteiger partial charge in [-0.15, -0.1) is 0 Å². The molecule has 1 unspecified atom stereocenters. The van der Waals surface area contributed by atoms with Crippen LogP contribution in [-0.2, 0) is 0 Å². The van der Waals surface area contributed by atoms with Crippen LogP contribution in [0.1, 0.15) is 17.2 Å². The van der Waals surface area contributed by atoms with Gasteiger partial charge in [-0.2, -0.15) is 5.26 Å². The molecule has 0 aliphatic carbocycles. The zero-order chi connectivity index (χ0) is 15.1. The molecule has 2 aromatic carbocycles. The van der Waals surface area contributed by atoms with Gasteiger partial charge in [-0.25, -0.2) is 4.79 Å². The first-order valence-electron chi connectivity index (χ1n) is 6.46. The van der Waals surface area contributed by atoms with Crippen LogP contribution in [0.25, 0.3) is 0 Å². The summed E-state index contributed by atoms with van der Waals surface area (Å²) in [7, 11) is 0. The van der Waals surface area contributed by atoms with Crippen molar-refractivity contribution in [3.63, 3.8) is 0 Å². The third kappa shape index (κ3) is 4.06. The Balaban J connectivity index is 2.02. The minimum Gasteiger partial charge on any atom is -0.394 e. The molecule has 0 saturated heterocycles. The maximum atomic E-state index is 11.9. The fraction of sp³-hybridized carbons (Fsp3) is 0.125. The van der Waals surface area contributed by atoms with Gasteiger partial charge in [0.05, 0.1) is 24.3 Å². The molecule has 0 aliphatic rings. The van der Waals surface area contributed by atoms with Gasteiger partial charge in [0, 0.05) is 5.69 Å². The first-order valence-corrected chi connectivity index (χ1v) is 6.46. The highest BCUT2D eigenvalue weighted by Gasteiger charge is 2.13. The Hall–Kier alpha value is -2.84. The highest BCUT2D eigenvalue weighted by Crippen LogP contribution is 2.13. The van der Waals surface area contributed by atoms with Crippen LogP contribution in [0.3, 0.4) is 0 Å². The quantitative estimate of drug-likeness (QED) is 0.804. The van der Waals surface area contributed by atoms with Crippen molar-refractivity contribution in [1.82, 2.24) is 5.32 Å². The number of hydrogen-bond acceptors (Lipinski definition) is 3. The summed E-state index contributed by atoms with van der Waals surface area (Å²) in [6.07, 6.45) is 0. The van der Waals surface area contributed by atoms with Gasteiger partial charge in [0.25, 0.3) is 0 Å². The van der Waals surface area contributed by atoms with Crippen LogP contribution in [0.4, 0.5) is 10.5 Å². The van der Waals surface area contributed by atoms with E-state index < -0.39 is 12.1 Å². The molecule has 0 heterocycles. The number of aliphatic hydroxyl groups excluding tert-OH is 1. The molecule has 2 rings (SSSR count). The monoisotopic (exact) mass is 281 g/mol. The Morgan fingerprint density at radius 2 is 1.95 bits per heavy atom. The zero-order valence-electron chi connectivity index (χ0n) is 11.3. The summed E-state index contributed by atoms with van der Waals surface area (Å²) in [5.74, 6) is 0. The number of aliphatic hydroxyl groups is 1. The Labute approximate surface area is 122 Å². The van der Waals surface area contributed by atoms with Crippen LogP contribution in [0.15, 0.2) is 54.6 Å². The van der Waals surface area contributed by atoms with Gasteiger partial charge in [-0.1, -0.05) is 36.4 Å². The molecule has 106 valence electrons. The van der Waals surface area contributed by atoms with Gasteiger partial charge < -0.3 is 15.7 Å². The normalized spacial score (nSPS) is 11.2. The third-order valence-corrected chi connectivity index (χ3v) is 2.94. The molecule has 0 spiro atoms. The molecule has 0 bridgehead atoms. The smallest absolute Gasteiger partial charge is 0.319 e. The maximum absolute atomic E-state index is 11.9. The number of hydrogen-bond donors (Lipinski definition) is 3. The standard InChI is InChI=1S/C16H15N3O2/c17-10-12-5-4-8-14(9-12)18-16(21)19-15(11-20)13-6-2-1-3-7-13/h1-9,15,20H,11H2,(H2,18,19,21). The second-order valence-electron chi connectivity index (χ2n) is 4.44. The van der Waals surface area contributed by atoms with Gasteiger partial charge in [0.2, 0.25) is 0 Å². The number of nitrogens with one attached hydrogen (secondary N) is 2. The lowest BCUT2D eigenvalue weighted by Gasteiger charge is -2.17. The minimum atomic E-state index is -0.481. The highest BCUT2D eigenvalue weighted by atomic mass is 16.3. The number of nitrogens with zero attached hydrogens (tertiary/aromatic N) is 1. The SMILES string of the molecule is N#Cc1cccc(NC(=O)NC(CO)c2ccccc2)c1. The summed E-state index contributed by atoms with van der Waals surface area (Å²) in [6, 6.07) is 16.9. The average molecular weight is 281 g/mol. The van der Waals surface area contributed by atoms with Crippen LogP contribution < -0.4 is 10.6 Å². The van der Waals surface area contributed by atoms with Crippen LogP contribution in [0, 0.1) is 11.3 Å². The van der Waals surface area contributed by atoms with E-state index in [0.29, 0.717) is 11.3 Å². The molecule has 0 radical (unpaired) electrons. The molecule has 3 N–H and O–H groups in total. The topological polar surface area (TPSA) is 85.2 Å². The fourth-order valence-corrected chi connectivity index (χ4v) is 1.91. The predicted molar refractivity (Wildman–Crippen MR) is 79.6 cm³/mol. The van der Waals surface area contributed by atoms with E-state index in [-0.39, 0.29) is 6.61 Å². The number of rotatable bonds is 4. The van der Waals surface area contributed by atoms with Crippen molar-refractivity contribution in [2.24, 2.45) is 0 Å². The fourth-order valence-electron chi connectivity index (χ4n) is 1.91. The van der Waals surface area contributed by atoms with Crippen LogP contribution >= 0.6 is 0 Å². The third-order valence-electron chi connectivity index (χ3n) is 2.94. The molecule has 1 atom stereocenters. The van der Waals surface area contributed by atoms with E-state index >= 15 is 0 Å². The Bertz CT molecular complexity index is 650. The van der Waals surface area contributed by atoms with Gasteiger partial charge >= 0.3 is 6.03 Å². The van der Waals surface area contributed by atoms with Gasteiger partial charge in [-0.05, 0) is 23.8 Å². The second kappa shape index (κ2) is 7.08. The van der Waals surface area contributed by atoms with E-state index in [1.807, 2.05) is 36.4 Å². The van der Waals surface area contributed by atoms with Gasteiger partial charge in [-0.3, -0.25) is 0 Å². The molecular formula is C16H15N3O2. The van der Waals surface area contributed by atoms with Crippen molar-refractivity contribution in [2.45, 2.75) is 6.04 Å². The van der Waals surface area contributed by atoms with E-state index in [0.717, 1.165) is 5.56 Å². The van der Waals surface area contributed by atoms with Crippen LogP contribution in [0.2, 0.25) is 0 Å². The van der Waals surface area contributed by atoms with E-state index in [4.69, 9.17) is 5.26 Å². The molecule has 0 aliphatic heterocycles. The number of nitriles is 1. The predicted octanol–water partition coefficient (Wildman–Crippen LogP) is 2.41. The second-order valence-corrected chi connectivity index (χ2v) is 4.44. The molecule has 0 fully saturated rings. The summed E-state index contributed by atoms with van der Waals surface area (Å²) < 4.78 is 0. The van der Waals surface area contributed by atoms with E-state index in [1.165, 1.54) is 0 Å². The Morgan fingerprint density at radius 3 is 2.62 bits per heavy atom. The summed E-state index contributed by atoms with van der Waals surface area (Å²) in [4.78, 5) is 11.9. The number of benzene rings is 2. The average Bonchev–Trinajstić information content (AvgIpc) is 2.53. The summed E-state index contributed by atoms with van der Waals surface area (Å²) in [5, 5.41) is 23.5. The van der Waals surface area contributed by atoms with E-state index in [2.05, 4.69) is 10.6 Å². The number of carbonyl (C=O) groups excluding carboxylic acids is 1. The van der Waals surface area contributed by atoms with Crippen LogP contribution in [0.5, 0.6) is 0 Å². The largest absolute Gasteiger partial charge is 0.394 e. The number of anilines is 1. The van der Waals surface area contributed by atoms with Crippen molar-refractivity contribution in [3.8, 4) is 6.07 Å². The lowest BCUT2D eigenvalue weighted by atomic mass is 10.1. The molecular weight excluding hydrogens is 266 g/mol. The number of amides is 2. The van der Waals surface area contributed by atoms with Crippen molar-refractivity contribution >= 4 is 11.7 Å². The van der Waals surface area contributed by atoms with Crippen molar-refractivity contribution in [1.29, 1.82) is 5.26 Å². The molecule has 21 heavy (non-hydrogen) atoms. The first-order chi connectivity index (χ1) is 10.2. The number of urea groups is 1. The molecule has 0 saturated carbocycles. The van der Waals surface area contributed by atoms with Gasteiger partial charge in [0.15, 0.2) is 0 Å². The first kappa shape index (κ1) is 14.6.